The van der Waals surface area contributed by atoms with Gasteiger partial charge in [-0.2, -0.15) is 0 Å². The number of nitro benzene ring substituents is 1. The predicted octanol–water partition coefficient (Wildman–Crippen LogP) is 5.07. The van der Waals surface area contributed by atoms with Crippen molar-refractivity contribution >= 4 is 33.2 Å². The fourth-order valence-electron chi connectivity index (χ4n) is 1.60. The molecule has 0 heterocycles. The average Bonchev–Trinajstić information content (AvgIpc) is 2.41. The summed E-state index contributed by atoms with van der Waals surface area (Å²) < 4.78 is 18.4. The molecule has 2 rings (SSSR count). The van der Waals surface area contributed by atoms with Crippen molar-refractivity contribution in [3.05, 3.63) is 62.9 Å². The van der Waals surface area contributed by atoms with Crippen LogP contribution in [0.25, 0.3) is 0 Å². The molecule has 0 bridgehead atoms. The van der Waals surface area contributed by atoms with E-state index in [1.54, 1.807) is 0 Å². The lowest BCUT2D eigenvalue weighted by atomic mass is 10.2. The molecule has 104 valence electrons. The van der Waals surface area contributed by atoms with Crippen LogP contribution in [0.3, 0.4) is 0 Å². The van der Waals surface area contributed by atoms with Gasteiger partial charge >= 0.3 is 0 Å². The third-order valence-electron chi connectivity index (χ3n) is 2.51. The first-order valence-corrected chi connectivity index (χ1v) is 6.97. The van der Waals surface area contributed by atoms with Crippen LogP contribution in [0, 0.1) is 15.9 Å². The first-order chi connectivity index (χ1) is 9.51. The third-order valence-corrected chi connectivity index (χ3v) is 3.41. The van der Waals surface area contributed by atoms with Gasteiger partial charge in [0.15, 0.2) is 0 Å². The van der Waals surface area contributed by atoms with Gasteiger partial charge in [-0.3, -0.25) is 10.1 Å². The monoisotopic (exact) mass is 359 g/mol. The minimum absolute atomic E-state index is 0.000530. The van der Waals surface area contributed by atoms with E-state index in [0.717, 1.165) is 6.07 Å². The number of alkyl halides is 1. The predicted molar refractivity (Wildman–Crippen MR) is 77.2 cm³/mol. The highest BCUT2D eigenvalue weighted by Crippen LogP contribution is 2.32. The summed E-state index contributed by atoms with van der Waals surface area (Å²) >= 11 is 9.04. The highest BCUT2D eigenvalue weighted by Gasteiger charge is 2.14. The van der Waals surface area contributed by atoms with Crippen LogP contribution in [-0.2, 0) is 5.33 Å². The maximum atomic E-state index is 12.9. The van der Waals surface area contributed by atoms with E-state index in [1.165, 1.54) is 30.3 Å². The normalized spacial score (nSPS) is 10.3. The van der Waals surface area contributed by atoms with E-state index in [9.17, 15) is 14.5 Å². The molecule has 0 N–H and O–H groups in total. The van der Waals surface area contributed by atoms with Gasteiger partial charge in [0, 0.05) is 17.0 Å². The molecule has 0 aliphatic heterocycles. The second kappa shape index (κ2) is 6.19. The number of rotatable bonds is 4. The summed E-state index contributed by atoms with van der Waals surface area (Å²) in [5.74, 6) is 0.202. The molecule has 7 heteroatoms. The molecule has 0 saturated heterocycles. The zero-order valence-electron chi connectivity index (χ0n) is 9.98. The zero-order chi connectivity index (χ0) is 14.7. The zero-order valence-corrected chi connectivity index (χ0v) is 12.3. The first kappa shape index (κ1) is 14.7. The van der Waals surface area contributed by atoms with Crippen molar-refractivity contribution in [1.82, 2.24) is 0 Å². The van der Waals surface area contributed by atoms with Crippen molar-refractivity contribution < 1.29 is 14.1 Å². The lowest BCUT2D eigenvalue weighted by Crippen LogP contribution is -1.94. The molecular formula is C13H8BrClFNO3. The molecule has 0 radical (unpaired) electrons. The van der Waals surface area contributed by atoms with Gasteiger partial charge in [0.2, 0.25) is 0 Å². The molecule has 0 fully saturated rings. The van der Waals surface area contributed by atoms with Crippen LogP contribution in [0.1, 0.15) is 5.56 Å². The van der Waals surface area contributed by atoms with Crippen molar-refractivity contribution in [2.45, 2.75) is 5.33 Å². The van der Waals surface area contributed by atoms with Gasteiger partial charge in [-0.25, -0.2) is 4.39 Å². The summed E-state index contributed by atoms with van der Waals surface area (Å²) in [5.41, 5.74) is 0.477. The van der Waals surface area contributed by atoms with Gasteiger partial charge in [0.1, 0.15) is 17.3 Å². The van der Waals surface area contributed by atoms with Gasteiger partial charge in [-0.15, -0.1) is 0 Å². The van der Waals surface area contributed by atoms with Crippen molar-refractivity contribution in [1.29, 1.82) is 0 Å². The summed E-state index contributed by atoms with van der Waals surface area (Å²) in [6.07, 6.45) is 0. The number of nitrogens with zero attached hydrogens (tertiary/aromatic N) is 1. The van der Waals surface area contributed by atoms with E-state index in [-0.39, 0.29) is 16.5 Å². The van der Waals surface area contributed by atoms with E-state index in [2.05, 4.69) is 15.9 Å². The lowest BCUT2D eigenvalue weighted by Gasteiger charge is -2.08. The molecule has 0 saturated carbocycles. The maximum absolute atomic E-state index is 12.9. The maximum Gasteiger partial charge on any atom is 0.273 e. The highest BCUT2D eigenvalue weighted by molar-refractivity contribution is 9.08. The Bertz CT molecular complexity index is 666. The van der Waals surface area contributed by atoms with Gasteiger partial charge in [-0.1, -0.05) is 27.5 Å². The largest absolute Gasteiger partial charge is 0.456 e. The fourth-order valence-corrected chi connectivity index (χ4v) is 2.25. The summed E-state index contributed by atoms with van der Waals surface area (Å²) in [6.45, 7) is 0. The Morgan fingerprint density at radius 2 is 2.05 bits per heavy atom. The van der Waals surface area contributed by atoms with E-state index < -0.39 is 10.7 Å². The van der Waals surface area contributed by atoms with E-state index in [4.69, 9.17) is 16.3 Å². The summed E-state index contributed by atoms with van der Waals surface area (Å²) in [7, 11) is 0. The Morgan fingerprint density at radius 1 is 1.30 bits per heavy atom. The average molecular weight is 361 g/mol. The second-order valence-corrected chi connectivity index (χ2v) is 4.83. The molecule has 0 atom stereocenters. The molecule has 0 spiro atoms. The van der Waals surface area contributed by atoms with Gasteiger partial charge < -0.3 is 4.74 Å². The molecule has 4 nitrogen and oxygen atoms in total. The molecule has 0 aliphatic carbocycles. The molecule has 2 aromatic carbocycles. The van der Waals surface area contributed by atoms with E-state index in [0.29, 0.717) is 16.6 Å². The van der Waals surface area contributed by atoms with Crippen LogP contribution < -0.4 is 4.74 Å². The van der Waals surface area contributed by atoms with Crippen LogP contribution >= 0.6 is 27.5 Å². The number of hydrogen-bond donors (Lipinski definition) is 0. The minimum atomic E-state index is -0.467. The number of nitro groups is 1. The molecule has 0 aromatic heterocycles. The van der Waals surface area contributed by atoms with Crippen molar-refractivity contribution in [2.75, 3.05) is 0 Å². The number of hydrogen-bond acceptors (Lipinski definition) is 3. The summed E-state index contributed by atoms with van der Waals surface area (Å²) in [5, 5.41) is 11.3. The Labute approximate surface area is 127 Å². The number of ether oxygens (including phenoxy) is 1. The van der Waals surface area contributed by atoms with Gasteiger partial charge in [0.05, 0.1) is 9.95 Å². The SMILES string of the molecule is O=[N+]([O-])c1ccc(Oc2ccc(F)cc2Cl)cc1CBr. The van der Waals surface area contributed by atoms with Crippen molar-refractivity contribution in [3.63, 3.8) is 0 Å². The molecular weight excluding hydrogens is 353 g/mol. The number of halogens is 3. The minimum Gasteiger partial charge on any atom is -0.456 e. The molecule has 0 amide bonds. The lowest BCUT2D eigenvalue weighted by molar-refractivity contribution is -0.385. The standard InChI is InChI=1S/C13H8BrClFNO3/c14-7-8-5-10(2-3-12(8)17(18)19)20-13-4-1-9(16)6-11(13)15/h1-6H,7H2. The Kier molecular flexibility index (Phi) is 4.57. The Hall–Kier alpha value is -1.66. The summed E-state index contributed by atoms with van der Waals surface area (Å²) in [6, 6.07) is 8.10. The van der Waals surface area contributed by atoms with E-state index in [1.807, 2.05) is 0 Å². The Balaban J connectivity index is 2.32. The van der Waals surface area contributed by atoms with Gasteiger partial charge in [-0.05, 0) is 30.3 Å². The smallest absolute Gasteiger partial charge is 0.273 e. The van der Waals surface area contributed by atoms with E-state index >= 15 is 0 Å². The van der Waals surface area contributed by atoms with Crippen LogP contribution in [0.2, 0.25) is 5.02 Å². The van der Waals surface area contributed by atoms with Crippen molar-refractivity contribution in [2.24, 2.45) is 0 Å². The molecule has 0 aliphatic rings. The van der Waals surface area contributed by atoms with Crippen LogP contribution in [-0.4, -0.2) is 4.92 Å². The van der Waals surface area contributed by atoms with Crippen LogP contribution in [0.5, 0.6) is 11.5 Å². The fraction of sp³-hybridized carbons (Fsp3) is 0.0769. The van der Waals surface area contributed by atoms with Crippen LogP contribution in [0.15, 0.2) is 36.4 Å². The second-order valence-electron chi connectivity index (χ2n) is 3.86. The number of benzene rings is 2. The quantitative estimate of drug-likeness (QED) is 0.434. The summed E-state index contributed by atoms with van der Waals surface area (Å²) in [4.78, 5) is 10.4. The first-order valence-electron chi connectivity index (χ1n) is 5.47. The third kappa shape index (κ3) is 3.26. The molecule has 2 aromatic rings. The molecule has 20 heavy (non-hydrogen) atoms. The van der Waals surface area contributed by atoms with Crippen molar-refractivity contribution in [3.8, 4) is 11.5 Å². The Morgan fingerprint density at radius 3 is 2.65 bits per heavy atom. The topological polar surface area (TPSA) is 52.4 Å². The van der Waals surface area contributed by atoms with Crippen LogP contribution in [0.4, 0.5) is 10.1 Å². The molecule has 0 unspecified atom stereocenters. The highest BCUT2D eigenvalue weighted by atomic mass is 79.9. The van der Waals surface area contributed by atoms with Gasteiger partial charge in [0.25, 0.3) is 5.69 Å².